The number of nitrogens with zero attached hydrogens (tertiary/aromatic N) is 1. The van der Waals surface area contributed by atoms with E-state index in [0.29, 0.717) is 24.1 Å². The lowest BCUT2D eigenvalue weighted by molar-refractivity contribution is -0.870. The molecule has 0 bridgehead atoms. The van der Waals surface area contributed by atoms with E-state index in [1.54, 1.807) is 0 Å². The molecular formula is C52H95NO7P+. The number of hydrogen-bond donors (Lipinski definition) is 1. The number of likely N-dealkylation sites (N-methyl/N-ethyl adjacent to an activating group) is 1. The van der Waals surface area contributed by atoms with E-state index in [-0.39, 0.29) is 25.8 Å². The van der Waals surface area contributed by atoms with Crippen molar-refractivity contribution in [3.05, 3.63) is 72.9 Å². The topological polar surface area (TPSA) is 91.3 Å². The number of phosphoric ester groups is 1. The lowest BCUT2D eigenvalue weighted by Gasteiger charge is -2.24. The van der Waals surface area contributed by atoms with Gasteiger partial charge in [0.1, 0.15) is 19.3 Å². The summed E-state index contributed by atoms with van der Waals surface area (Å²) in [6.45, 7) is 5.42. The monoisotopic (exact) mass is 877 g/mol. The van der Waals surface area contributed by atoms with Gasteiger partial charge in [-0.2, -0.15) is 0 Å². The van der Waals surface area contributed by atoms with Gasteiger partial charge in [-0.25, -0.2) is 4.57 Å². The first kappa shape index (κ1) is 58.9. The van der Waals surface area contributed by atoms with Crippen LogP contribution in [0.5, 0.6) is 0 Å². The maximum atomic E-state index is 12.7. The van der Waals surface area contributed by atoms with E-state index in [9.17, 15) is 14.3 Å². The number of carbonyl (C=O) groups excluding carboxylic acids is 1. The average Bonchev–Trinajstić information content (AvgIpc) is 3.22. The molecule has 0 amide bonds. The van der Waals surface area contributed by atoms with E-state index in [1.807, 2.05) is 21.1 Å². The van der Waals surface area contributed by atoms with Crippen LogP contribution >= 0.6 is 7.82 Å². The van der Waals surface area contributed by atoms with Crippen molar-refractivity contribution >= 4 is 13.8 Å². The van der Waals surface area contributed by atoms with Gasteiger partial charge in [-0.05, 0) is 77.0 Å². The van der Waals surface area contributed by atoms with Crippen LogP contribution in [-0.2, 0) is 27.9 Å². The first-order valence-corrected chi connectivity index (χ1v) is 26.2. The van der Waals surface area contributed by atoms with Gasteiger partial charge in [0, 0.05) is 13.0 Å². The van der Waals surface area contributed by atoms with E-state index in [1.165, 1.54) is 96.3 Å². The van der Waals surface area contributed by atoms with Gasteiger partial charge in [-0.1, -0.05) is 183 Å². The number of carbonyl (C=O) groups is 1. The van der Waals surface area contributed by atoms with E-state index >= 15 is 0 Å². The van der Waals surface area contributed by atoms with Gasteiger partial charge >= 0.3 is 13.8 Å². The molecule has 0 spiro atoms. The highest BCUT2D eigenvalue weighted by Crippen LogP contribution is 2.43. The molecule has 1 N–H and O–H groups in total. The van der Waals surface area contributed by atoms with Crippen LogP contribution in [0.2, 0.25) is 0 Å². The van der Waals surface area contributed by atoms with Crippen molar-refractivity contribution in [2.24, 2.45) is 0 Å². The Morgan fingerprint density at radius 2 is 0.951 bits per heavy atom. The molecule has 0 aliphatic heterocycles. The minimum Gasteiger partial charge on any atom is -0.457 e. The van der Waals surface area contributed by atoms with Crippen molar-refractivity contribution in [1.82, 2.24) is 0 Å². The molecule has 0 saturated heterocycles. The van der Waals surface area contributed by atoms with Crippen LogP contribution in [0.25, 0.3) is 0 Å². The zero-order valence-corrected chi connectivity index (χ0v) is 41.0. The van der Waals surface area contributed by atoms with Crippen LogP contribution in [0.4, 0.5) is 0 Å². The van der Waals surface area contributed by atoms with Crippen molar-refractivity contribution in [3.63, 3.8) is 0 Å². The van der Waals surface area contributed by atoms with Crippen molar-refractivity contribution in [1.29, 1.82) is 0 Å². The summed E-state index contributed by atoms with van der Waals surface area (Å²) in [5, 5.41) is 0. The molecule has 9 heteroatoms. The molecule has 2 atom stereocenters. The van der Waals surface area contributed by atoms with E-state index < -0.39 is 13.9 Å². The standard InChI is InChI=1S/C52H94NO7P/c1-6-8-10-12-14-16-18-20-22-23-24-25-26-27-28-29-30-31-32-33-35-37-39-41-43-45-52(54)60-51(50-59-61(55,56)58-48-46-53(3,4)5)49-57-47-44-42-40-38-36-34-21-19-17-15-13-11-9-7-2/h8,10-11,13-14,16-17,19-20,22,24-25,51H,6-7,9,12,15,18,21,23,26-50H2,1-5H3/p+1/b10-8-,13-11-,16-14-,19-17-,22-20-,25-24-. The molecule has 0 aromatic carbocycles. The van der Waals surface area contributed by atoms with Crippen molar-refractivity contribution in [3.8, 4) is 0 Å². The Morgan fingerprint density at radius 3 is 1.43 bits per heavy atom. The molecule has 0 radical (unpaired) electrons. The zero-order chi connectivity index (χ0) is 44.8. The average molecular weight is 877 g/mol. The van der Waals surface area contributed by atoms with E-state index in [4.69, 9.17) is 18.5 Å². The molecule has 0 aromatic heterocycles. The quantitative estimate of drug-likeness (QED) is 0.0214. The summed E-state index contributed by atoms with van der Waals surface area (Å²) in [6.07, 6.45) is 58.0. The SMILES string of the molecule is CC/C=C\C/C=C\C/C=C\C/C=C\CCCCCCCCCCCCCCC(=O)OC(COCCCCCCCC/C=C\C/C=C\CCC)COP(=O)(O)OCC[N+](C)(C)C. The molecule has 354 valence electrons. The number of unbranched alkanes of at least 4 members (excludes halogenated alkanes) is 19. The van der Waals surface area contributed by atoms with Gasteiger partial charge in [0.2, 0.25) is 0 Å². The highest BCUT2D eigenvalue weighted by atomic mass is 31.2. The lowest BCUT2D eigenvalue weighted by Crippen LogP contribution is -2.37. The first-order chi connectivity index (χ1) is 29.6. The van der Waals surface area contributed by atoms with Crippen molar-refractivity contribution in [2.75, 3.05) is 54.1 Å². The van der Waals surface area contributed by atoms with Gasteiger partial charge in [0.25, 0.3) is 0 Å². The fraction of sp³-hybridized carbons (Fsp3) is 0.750. The van der Waals surface area contributed by atoms with Crippen LogP contribution in [0, 0.1) is 0 Å². The fourth-order valence-corrected chi connectivity index (χ4v) is 7.21. The number of quaternary nitrogens is 1. The molecule has 0 aliphatic carbocycles. The van der Waals surface area contributed by atoms with Crippen LogP contribution in [0.3, 0.4) is 0 Å². The van der Waals surface area contributed by atoms with Gasteiger partial charge in [0.15, 0.2) is 0 Å². The Kier molecular flexibility index (Phi) is 43.0. The molecule has 8 nitrogen and oxygen atoms in total. The summed E-state index contributed by atoms with van der Waals surface area (Å²) in [5.74, 6) is -0.322. The van der Waals surface area contributed by atoms with E-state index in [0.717, 1.165) is 77.0 Å². The predicted octanol–water partition coefficient (Wildman–Crippen LogP) is 15.1. The Morgan fingerprint density at radius 1 is 0.525 bits per heavy atom. The van der Waals surface area contributed by atoms with E-state index in [2.05, 4.69) is 86.8 Å². The van der Waals surface area contributed by atoms with Crippen molar-refractivity contribution in [2.45, 2.75) is 200 Å². The van der Waals surface area contributed by atoms with Gasteiger partial charge in [0.05, 0.1) is 34.4 Å². The number of esters is 1. The Labute approximate surface area is 376 Å². The highest BCUT2D eigenvalue weighted by molar-refractivity contribution is 7.47. The minimum absolute atomic E-state index is 0.0832. The molecule has 0 saturated carbocycles. The molecule has 0 heterocycles. The summed E-state index contributed by atoms with van der Waals surface area (Å²) in [5.41, 5.74) is 0. The third-order valence-electron chi connectivity index (χ3n) is 10.2. The summed E-state index contributed by atoms with van der Waals surface area (Å²) in [7, 11) is 1.65. The van der Waals surface area contributed by atoms with Gasteiger partial charge < -0.3 is 18.9 Å². The molecule has 0 aromatic rings. The number of phosphoric acid groups is 1. The normalized spacial score (nSPS) is 14.3. The summed E-state index contributed by atoms with van der Waals surface area (Å²) in [4.78, 5) is 23.0. The predicted molar refractivity (Wildman–Crippen MR) is 261 cm³/mol. The number of rotatable bonds is 45. The van der Waals surface area contributed by atoms with Gasteiger partial charge in [-0.3, -0.25) is 13.8 Å². The number of allylic oxidation sites excluding steroid dienone is 12. The molecule has 61 heavy (non-hydrogen) atoms. The zero-order valence-electron chi connectivity index (χ0n) is 40.1. The second-order valence-electron chi connectivity index (χ2n) is 17.5. The van der Waals surface area contributed by atoms with Crippen molar-refractivity contribution < 1.29 is 37.3 Å². The lowest BCUT2D eigenvalue weighted by atomic mass is 10.0. The summed E-state index contributed by atoms with van der Waals surface area (Å²) >= 11 is 0. The third kappa shape index (κ3) is 48.8. The number of hydrogen-bond acceptors (Lipinski definition) is 6. The van der Waals surface area contributed by atoms with Crippen LogP contribution in [0.1, 0.15) is 194 Å². The molecule has 0 rings (SSSR count). The molecular weight excluding hydrogens is 782 g/mol. The van der Waals surface area contributed by atoms with Gasteiger partial charge in [-0.15, -0.1) is 0 Å². The van der Waals surface area contributed by atoms with Crippen LogP contribution in [0.15, 0.2) is 72.9 Å². The largest absolute Gasteiger partial charge is 0.472 e. The van der Waals surface area contributed by atoms with Crippen LogP contribution < -0.4 is 0 Å². The smallest absolute Gasteiger partial charge is 0.457 e. The minimum atomic E-state index is -4.28. The third-order valence-corrected chi connectivity index (χ3v) is 11.2. The molecule has 0 fully saturated rings. The molecule has 2 unspecified atom stereocenters. The van der Waals surface area contributed by atoms with Crippen LogP contribution in [-0.4, -0.2) is 75.6 Å². The Balaban J connectivity index is 4.13. The first-order valence-electron chi connectivity index (χ1n) is 24.7. The maximum Gasteiger partial charge on any atom is 0.472 e. The Bertz CT molecular complexity index is 1200. The molecule has 0 aliphatic rings. The Hall–Kier alpha value is -2.06. The second-order valence-corrected chi connectivity index (χ2v) is 18.9. The maximum absolute atomic E-state index is 12.7. The second kappa shape index (κ2) is 44.5. The fourth-order valence-electron chi connectivity index (χ4n) is 6.46. The summed E-state index contributed by atoms with van der Waals surface area (Å²) < 4.78 is 35.1. The summed E-state index contributed by atoms with van der Waals surface area (Å²) in [6, 6.07) is 0. The number of ether oxygens (including phenoxy) is 2. The highest BCUT2D eigenvalue weighted by Gasteiger charge is 2.26.